The van der Waals surface area contributed by atoms with E-state index in [0.717, 1.165) is 17.7 Å². The van der Waals surface area contributed by atoms with Crippen LogP contribution in [0.4, 0.5) is 18.9 Å². The molecule has 0 fully saturated rings. The largest absolute Gasteiger partial charge is 0.416 e. The number of sulfonamides is 1. The Morgan fingerprint density at radius 1 is 1.00 bits per heavy atom. The van der Waals surface area contributed by atoms with Crippen LogP contribution in [0.2, 0.25) is 5.02 Å². The summed E-state index contributed by atoms with van der Waals surface area (Å²) in [5.74, 6) is -0.845. The highest BCUT2D eigenvalue weighted by Gasteiger charge is 2.34. The molecule has 0 spiro atoms. The van der Waals surface area contributed by atoms with E-state index in [1.807, 2.05) is 30.3 Å². The van der Waals surface area contributed by atoms with E-state index in [-0.39, 0.29) is 9.92 Å². The molecule has 0 atom stereocenters. The van der Waals surface area contributed by atoms with Crippen molar-refractivity contribution in [3.8, 4) is 0 Å². The van der Waals surface area contributed by atoms with Crippen molar-refractivity contribution in [2.24, 2.45) is 5.10 Å². The summed E-state index contributed by atoms with van der Waals surface area (Å²) in [7, 11) is -4.45. The van der Waals surface area contributed by atoms with Crippen LogP contribution in [-0.4, -0.2) is 26.6 Å². The summed E-state index contributed by atoms with van der Waals surface area (Å²) in [4.78, 5) is 12.5. The number of hydrogen-bond acceptors (Lipinski definition) is 4. The molecule has 3 aromatic carbocycles. The topological polar surface area (TPSA) is 78.8 Å². The number of hydrogen-bond donors (Lipinski definition) is 1. The fourth-order valence-corrected chi connectivity index (χ4v) is 4.97. The van der Waals surface area contributed by atoms with E-state index < -0.39 is 39.9 Å². The highest BCUT2D eigenvalue weighted by atomic mass is 35.5. The van der Waals surface area contributed by atoms with Crippen LogP contribution < -0.4 is 9.73 Å². The van der Waals surface area contributed by atoms with Gasteiger partial charge in [0.2, 0.25) is 0 Å². The Balaban J connectivity index is 1.86. The number of hydrazone groups is 1. The summed E-state index contributed by atoms with van der Waals surface area (Å²) < 4.78 is 67.3. The number of halogens is 4. The van der Waals surface area contributed by atoms with Crippen molar-refractivity contribution in [2.75, 3.05) is 10.8 Å². The molecule has 0 radical (unpaired) electrons. The average Bonchev–Trinajstić information content (AvgIpc) is 2.85. The number of carbonyl (C=O) groups excluding carboxylic acids is 1. The Hall–Kier alpha value is -3.37. The molecule has 3 aromatic rings. The normalized spacial score (nSPS) is 12.3. The quantitative estimate of drug-likeness (QED) is 0.282. The van der Waals surface area contributed by atoms with Crippen LogP contribution in [0.5, 0.6) is 0 Å². The van der Waals surface area contributed by atoms with Crippen LogP contribution in [0.3, 0.4) is 0 Å². The zero-order valence-corrected chi connectivity index (χ0v) is 20.7. The van der Waals surface area contributed by atoms with E-state index >= 15 is 0 Å². The van der Waals surface area contributed by atoms with Gasteiger partial charge in [-0.2, -0.15) is 18.3 Å². The lowest BCUT2D eigenvalue weighted by molar-refractivity contribution is -0.137. The molecule has 11 heteroatoms. The van der Waals surface area contributed by atoms with Crippen molar-refractivity contribution >= 4 is 38.9 Å². The van der Waals surface area contributed by atoms with Gasteiger partial charge in [-0.3, -0.25) is 9.10 Å². The number of aryl methyl sites for hydroxylation is 1. The Bertz CT molecular complexity index is 1330. The van der Waals surface area contributed by atoms with Crippen LogP contribution >= 0.6 is 11.6 Å². The van der Waals surface area contributed by atoms with E-state index in [4.69, 9.17) is 11.6 Å². The second-order valence-corrected chi connectivity index (χ2v) is 10.1. The summed E-state index contributed by atoms with van der Waals surface area (Å²) >= 11 is 6.11. The lowest BCUT2D eigenvalue weighted by Gasteiger charge is -2.25. The number of alkyl halides is 3. The maximum absolute atomic E-state index is 13.3. The van der Waals surface area contributed by atoms with Crippen molar-refractivity contribution in [1.82, 2.24) is 5.43 Å². The fourth-order valence-electron chi connectivity index (χ4n) is 3.25. The molecule has 0 bridgehead atoms. The number of benzene rings is 3. The SMILES string of the molecule is C/C(CCc1ccccc1)=N/NC(=O)CN(c1cc(C(F)(F)F)ccc1Cl)S(=O)(=O)c1ccccc1. The smallest absolute Gasteiger partial charge is 0.271 e. The predicted octanol–water partition coefficient (Wildman–Crippen LogP) is 5.68. The fraction of sp³-hybridized carbons (Fsp3) is 0.200. The molecule has 0 saturated heterocycles. The first kappa shape index (κ1) is 27.2. The van der Waals surface area contributed by atoms with Crippen LogP contribution in [0.15, 0.2) is 88.9 Å². The molecule has 0 saturated carbocycles. The maximum atomic E-state index is 13.3. The number of amides is 1. The Kier molecular flexibility index (Phi) is 8.75. The van der Waals surface area contributed by atoms with Crippen molar-refractivity contribution in [1.29, 1.82) is 0 Å². The van der Waals surface area contributed by atoms with Gasteiger partial charge in [0.15, 0.2) is 0 Å². The minimum Gasteiger partial charge on any atom is -0.271 e. The van der Waals surface area contributed by atoms with Gasteiger partial charge in [-0.1, -0.05) is 60.1 Å². The third-order valence-corrected chi connectivity index (χ3v) is 7.24. The van der Waals surface area contributed by atoms with Crippen molar-refractivity contribution < 1.29 is 26.4 Å². The molecule has 6 nitrogen and oxygen atoms in total. The molecular formula is C25H23ClF3N3O3S. The molecular weight excluding hydrogens is 515 g/mol. The highest BCUT2D eigenvalue weighted by molar-refractivity contribution is 7.92. The van der Waals surface area contributed by atoms with Gasteiger partial charge < -0.3 is 0 Å². The molecule has 0 aliphatic rings. The lowest BCUT2D eigenvalue weighted by atomic mass is 10.1. The van der Waals surface area contributed by atoms with Crippen molar-refractivity contribution in [3.05, 3.63) is 95.0 Å². The Morgan fingerprint density at radius 3 is 2.22 bits per heavy atom. The molecule has 0 unspecified atom stereocenters. The third kappa shape index (κ3) is 7.08. The average molecular weight is 538 g/mol. The summed E-state index contributed by atoms with van der Waals surface area (Å²) in [5, 5.41) is 3.74. The minimum atomic E-state index is -4.75. The molecule has 0 aromatic heterocycles. The molecule has 0 heterocycles. The van der Waals surface area contributed by atoms with Gasteiger partial charge in [0.1, 0.15) is 6.54 Å². The summed E-state index contributed by atoms with van der Waals surface area (Å²) in [5.41, 5.74) is 2.37. The van der Waals surface area contributed by atoms with Crippen LogP contribution in [0.1, 0.15) is 24.5 Å². The third-order valence-electron chi connectivity index (χ3n) is 5.15. The van der Waals surface area contributed by atoms with Gasteiger partial charge in [-0.25, -0.2) is 13.8 Å². The van der Waals surface area contributed by atoms with Gasteiger partial charge in [0, 0.05) is 5.71 Å². The van der Waals surface area contributed by atoms with E-state index in [9.17, 15) is 26.4 Å². The molecule has 3 rings (SSSR count). The second kappa shape index (κ2) is 11.6. The number of carbonyl (C=O) groups is 1. The number of anilines is 1. The molecule has 1 N–H and O–H groups in total. The summed E-state index contributed by atoms with van der Waals surface area (Å²) in [6.07, 6.45) is -3.53. The van der Waals surface area contributed by atoms with Gasteiger partial charge >= 0.3 is 6.18 Å². The van der Waals surface area contributed by atoms with Gasteiger partial charge in [-0.05, 0) is 55.7 Å². The van der Waals surface area contributed by atoms with Crippen molar-refractivity contribution in [2.45, 2.75) is 30.8 Å². The summed E-state index contributed by atoms with van der Waals surface area (Å²) in [6, 6.07) is 18.9. The maximum Gasteiger partial charge on any atom is 0.416 e. The summed E-state index contributed by atoms with van der Waals surface area (Å²) in [6.45, 7) is 0.860. The van der Waals surface area contributed by atoms with E-state index in [1.165, 1.54) is 24.3 Å². The van der Waals surface area contributed by atoms with E-state index in [2.05, 4.69) is 10.5 Å². The first-order valence-electron chi connectivity index (χ1n) is 10.8. The monoisotopic (exact) mass is 537 g/mol. The molecule has 0 aliphatic heterocycles. The molecule has 0 aliphatic carbocycles. The molecule has 190 valence electrons. The van der Waals surface area contributed by atoms with Crippen LogP contribution in [0.25, 0.3) is 0 Å². The van der Waals surface area contributed by atoms with Gasteiger partial charge in [-0.15, -0.1) is 0 Å². The first-order chi connectivity index (χ1) is 17.0. The van der Waals surface area contributed by atoms with Gasteiger partial charge in [0.25, 0.3) is 15.9 Å². The number of nitrogens with one attached hydrogen (secondary N) is 1. The Morgan fingerprint density at radius 2 is 1.61 bits per heavy atom. The van der Waals surface area contributed by atoms with Crippen LogP contribution in [0, 0.1) is 0 Å². The number of rotatable bonds is 9. The predicted molar refractivity (Wildman–Crippen MR) is 133 cm³/mol. The van der Waals surface area contributed by atoms with Crippen molar-refractivity contribution in [3.63, 3.8) is 0 Å². The van der Waals surface area contributed by atoms with E-state index in [1.54, 1.807) is 13.0 Å². The second-order valence-electron chi connectivity index (χ2n) is 7.86. The zero-order valence-electron chi connectivity index (χ0n) is 19.2. The lowest BCUT2D eigenvalue weighted by Crippen LogP contribution is -2.40. The standard InChI is InChI=1S/C25H23ClF3N3O3S/c1-18(12-13-19-8-4-2-5-9-19)30-31-24(33)17-32(36(34,35)21-10-6-3-7-11-21)23-16-20(25(27,28)29)14-15-22(23)26/h2-11,14-16H,12-13,17H2,1H3,(H,31,33)/b30-18-. The molecule has 1 amide bonds. The van der Waals surface area contributed by atoms with Crippen LogP contribution in [-0.2, 0) is 27.4 Å². The van der Waals surface area contributed by atoms with E-state index in [0.29, 0.717) is 28.9 Å². The highest BCUT2D eigenvalue weighted by Crippen LogP contribution is 2.37. The minimum absolute atomic E-state index is 0.214. The number of nitrogens with zero attached hydrogens (tertiary/aromatic N) is 2. The molecule has 36 heavy (non-hydrogen) atoms. The zero-order chi connectivity index (χ0) is 26.3. The van der Waals surface area contributed by atoms with Gasteiger partial charge in [0.05, 0.1) is 21.2 Å². The Labute approximate surface area is 212 Å². The first-order valence-corrected chi connectivity index (χ1v) is 12.6.